The smallest absolute Gasteiger partial charge is 0.410 e. The predicted molar refractivity (Wildman–Crippen MR) is 259 cm³/mol. The molecule has 2 aromatic rings. The Labute approximate surface area is 404 Å². The summed E-state index contributed by atoms with van der Waals surface area (Å²) in [6.07, 6.45) is 5.68. The molecular weight excluding hydrogens is 887 g/mol. The van der Waals surface area contributed by atoms with Gasteiger partial charge in [0.1, 0.15) is 28.6 Å². The molecule has 8 rings (SSSR count). The number of aliphatic hydroxyl groups excluding tert-OH is 2. The molecule has 2 amide bonds. The lowest BCUT2D eigenvalue weighted by Gasteiger charge is -2.40. The summed E-state index contributed by atoms with van der Waals surface area (Å²) in [7, 11) is 1.49. The Morgan fingerprint density at radius 2 is 1.62 bits per heavy atom. The topological polar surface area (TPSA) is 222 Å². The van der Waals surface area contributed by atoms with Gasteiger partial charge in [0.05, 0.1) is 40.9 Å². The Hall–Kier alpha value is -5.07. The number of aromatic hydroxyl groups is 2. The summed E-state index contributed by atoms with van der Waals surface area (Å²) < 4.78 is 30.5. The quantitative estimate of drug-likeness (QED) is 0.216. The minimum Gasteiger partial charge on any atom is -0.507 e. The lowest BCUT2D eigenvalue weighted by Crippen LogP contribution is -2.50. The van der Waals surface area contributed by atoms with Gasteiger partial charge >= 0.3 is 11.9 Å². The van der Waals surface area contributed by atoms with Gasteiger partial charge in [0.15, 0.2) is 11.4 Å². The van der Waals surface area contributed by atoms with Crippen molar-refractivity contribution in [2.24, 2.45) is 39.6 Å². The highest BCUT2D eigenvalue weighted by molar-refractivity contribution is 6.19. The average Bonchev–Trinajstić information content (AvgIpc) is 3.82. The van der Waals surface area contributed by atoms with Gasteiger partial charge in [-0.3, -0.25) is 19.6 Å². The van der Waals surface area contributed by atoms with Crippen molar-refractivity contribution in [1.29, 1.82) is 0 Å². The average molecular weight is 960 g/mol. The fourth-order valence-corrected chi connectivity index (χ4v) is 10.7. The van der Waals surface area contributed by atoms with Crippen LogP contribution in [0.5, 0.6) is 17.2 Å². The number of benzene rings is 2. The van der Waals surface area contributed by atoms with Gasteiger partial charge in [-0.1, -0.05) is 59.8 Å². The number of fused-ring (bicyclic) bond motifs is 13. The van der Waals surface area contributed by atoms with Crippen LogP contribution in [0.4, 0.5) is 10.5 Å². The van der Waals surface area contributed by atoms with E-state index in [2.05, 4.69) is 24.1 Å². The molecule has 6 heterocycles. The van der Waals surface area contributed by atoms with E-state index in [0.717, 1.165) is 6.54 Å². The standard InChI is InChI=1S/C52H73N5O12/c1-12-57(34-16-23-66-24-17-34)50(64)68-46-30(6)35(65-11)18-25-67-51(10)48(62)38-36-37(44(60)33(9)47(38)69-51)45(61)41(40-39(36)54-52(55-40)19-21-56(22-20-52)26-27(2)3)53-49(63)29(5)15-13-14-28(4)42(58)31(7)43(59)32(46)8/h13-15,18,25,27-28,30-32,34-35,42-43,46,58-61H,12,16-17,19-24,26H2,1-11H3,(H,53,63)/b14-13-,25-18-,29-15-/t28-,30+,31+,32+,35-,42-,43+,46+,51-/m0/s1. The summed E-state index contributed by atoms with van der Waals surface area (Å²) >= 11 is 0. The monoisotopic (exact) mass is 960 g/mol. The molecule has 0 unspecified atom stereocenters. The summed E-state index contributed by atoms with van der Waals surface area (Å²) in [5.41, 5.74) is -0.594. The Kier molecular flexibility index (Phi) is 15.5. The van der Waals surface area contributed by atoms with E-state index in [1.807, 2.05) is 13.8 Å². The number of Topliss-reactive ketones (excluding diaryl/α,β-unsaturated/α-hetero) is 1. The normalized spacial score (nSPS) is 31.8. The SMILES string of the molecule is CCN(C(=O)O[C@H]1[C@H](C)[C@H](O)[C@H](C)[C@@H](O)[C@@H](C)/C=C\C=C(\C)C(=O)Nc2c(O)c3c(O)c(C)c4c(c3c3c2=NC2(CCN(CC(C)C)CC2)N=3)C(=O)[C@@](C)(O/C=C\[C@H](OC)[C@H]1C)O4)C1CCOCC1. The van der Waals surface area contributed by atoms with Crippen molar-refractivity contribution >= 4 is 34.2 Å². The van der Waals surface area contributed by atoms with Crippen LogP contribution in [0.3, 0.4) is 0 Å². The van der Waals surface area contributed by atoms with Crippen molar-refractivity contribution in [3.63, 3.8) is 0 Å². The third-order valence-electron chi connectivity index (χ3n) is 15.0. The Balaban J connectivity index is 1.35. The number of ether oxygens (including phenoxy) is 5. The second-order valence-electron chi connectivity index (χ2n) is 20.4. The molecule has 0 aromatic heterocycles. The van der Waals surface area contributed by atoms with Gasteiger partial charge in [0, 0.05) is 113 Å². The number of phenolic OH excluding ortho intramolecular Hbond substituents is 2. The van der Waals surface area contributed by atoms with Gasteiger partial charge in [-0.15, -0.1) is 0 Å². The fourth-order valence-electron chi connectivity index (χ4n) is 10.7. The highest BCUT2D eigenvalue weighted by Crippen LogP contribution is 2.50. The van der Waals surface area contributed by atoms with E-state index < -0.39 is 83.1 Å². The van der Waals surface area contributed by atoms with Crippen molar-refractivity contribution in [3.8, 4) is 17.2 Å². The minimum atomic E-state index is -1.98. The van der Waals surface area contributed by atoms with Gasteiger partial charge in [0.25, 0.3) is 11.7 Å². The van der Waals surface area contributed by atoms with Crippen LogP contribution in [0.15, 0.2) is 46.1 Å². The number of aliphatic hydroxyl groups is 2. The summed E-state index contributed by atoms with van der Waals surface area (Å²) in [6.45, 7) is 21.7. The molecule has 5 bridgehead atoms. The van der Waals surface area contributed by atoms with Gasteiger partial charge < -0.3 is 59.2 Å². The van der Waals surface area contributed by atoms with Crippen LogP contribution in [0.1, 0.15) is 104 Å². The zero-order valence-electron chi connectivity index (χ0n) is 42.1. The highest BCUT2D eigenvalue weighted by Gasteiger charge is 2.50. The van der Waals surface area contributed by atoms with Crippen LogP contribution in [-0.2, 0) is 23.7 Å². The number of anilines is 1. The number of phenols is 2. The number of ketones is 1. The molecular formula is C52H73N5O12. The maximum absolute atomic E-state index is 14.9. The minimum absolute atomic E-state index is 0.0337. The van der Waals surface area contributed by atoms with Gasteiger partial charge in [-0.05, 0) is 45.6 Å². The molecule has 5 N–H and O–H groups in total. The number of rotatable bonds is 6. The van der Waals surface area contributed by atoms with Crippen LogP contribution in [0.25, 0.3) is 10.8 Å². The number of nitrogens with one attached hydrogen (secondary N) is 1. The maximum atomic E-state index is 14.9. The van der Waals surface area contributed by atoms with Crippen LogP contribution < -0.4 is 20.8 Å². The van der Waals surface area contributed by atoms with E-state index in [-0.39, 0.29) is 61.4 Å². The molecule has 9 atom stereocenters. The lowest BCUT2D eigenvalue weighted by atomic mass is 9.78. The van der Waals surface area contributed by atoms with Crippen molar-refractivity contribution in [1.82, 2.24) is 9.80 Å². The van der Waals surface area contributed by atoms with Crippen molar-refractivity contribution in [2.45, 2.75) is 137 Å². The molecule has 1 spiro atoms. The van der Waals surface area contributed by atoms with Gasteiger partial charge in [-0.2, -0.15) is 0 Å². The van der Waals surface area contributed by atoms with E-state index in [0.29, 0.717) is 64.4 Å². The van der Waals surface area contributed by atoms with Crippen LogP contribution in [0.2, 0.25) is 0 Å². The van der Waals surface area contributed by atoms with Crippen molar-refractivity contribution in [3.05, 3.63) is 58.0 Å². The number of nitrogens with zero attached hydrogens (tertiary/aromatic N) is 4. The Morgan fingerprint density at radius 1 is 0.957 bits per heavy atom. The first-order valence-electron chi connectivity index (χ1n) is 24.6. The van der Waals surface area contributed by atoms with Crippen LogP contribution in [-0.4, -0.2) is 136 Å². The number of likely N-dealkylation sites (tertiary alicyclic amines) is 1. The largest absolute Gasteiger partial charge is 0.507 e. The molecule has 17 heteroatoms. The number of hydrogen-bond donors (Lipinski definition) is 5. The Bertz CT molecular complexity index is 2510. The first-order valence-corrected chi connectivity index (χ1v) is 24.6. The maximum Gasteiger partial charge on any atom is 0.410 e. The van der Waals surface area contributed by atoms with Crippen LogP contribution >= 0.6 is 0 Å². The number of allylic oxidation sites excluding steroid dienone is 2. The lowest BCUT2D eigenvalue weighted by molar-refractivity contribution is -0.112. The molecule has 2 fully saturated rings. The van der Waals surface area contributed by atoms with E-state index in [9.17, 15) is 34.8 Å². The zero-order valence-corrected chi connectivity index (χ0v) is 42.1. The summed E-state index contributed by atoms with van der Waals surface area (Å²) in [4.78, 5) is 57.5. The first-order chi connectivity index (χ1) is 32.7. The molecule has 0 saturated carbocycles. The second-order valence-corrected chi connectivity index (χ2v) is 20.4. The number of hydrogen-bond acceptors (Lipinski definition) is 15. The van der Waals surface area contributed by atoms with Crippen molar-refractivity contribution < 1.29 is 58.5 Å². The van der Waals surface area contributed by atoms with Crippen LogP contribution in [0, 0.1) is 36.5 Å². The van der Waals surface area contributed by atoms with Gasteiger partial charge in [-0.25, -0.2) is 4.79 Å². The Morgan fingerprint density at radius 3 is 2.26 bits per heavy atom. The van der Waals surface area contributed by atoms with E-state index in [1.165, 1.54) is 20.3 Å². The molecule has 69 heavy (non-hydrogen) atoms. The van der Waals surface area contributed by atoms with E-state index in [4.69, 9.17) is 33.7 Å². The number of piperidine rings is 1. The summed E-state index contributed by atoms with van der Waals surface area (Å²) in [5, 5.41) is 51.1. The summed E-state index contributed by atoms with van der Waals surface area (Å²) in [6, 6.07) is -0.0920. The third kappa shape index (κ3) is 9.99. The van der Waals surface area contributed by atoms with E-state index >= 15 is 0 Å². The molecule has 0 aliphatic carbocycles. The third-order valence-corrected chi connectivity index (χ3v) is 15.0. The van der Waals surface area contributed by atoms with E-state index in [1.54, 1.807) is 63.8 Å². The number of methoxy groups -OCH3 is 1. The highest BCUT2D eigenvalue weighted by atomic mass is 16.7. The summed E-state index contributed by atoms with van der Waals surface area (Å²) in [5.74, 6) is -6.10. The molecule has 6 aliphatic heterocycles. The first kappa shape index (κ1) is 51.8. The molecule has 17 nitrogen and oxygen atoms in total. The van der Waals surface area contributed by atoms with Gasteiger partial charge in [0.2, 0.25) is 0 Å². The molecule has 2 saturated heterocycles. The zero-order chi connectivity index (χ0) is 50.3. The second kappa shape index (κ2) is 20.7. The predicted octanol–water partition coefficient (Wildman–Crippen LogP) is 5.82. The molecule has 378 valence electrons. The number of carbonyl (C=O) groups excluding carboxylic acids is 3. The number of carbonyl (C=O) groups is 3. The molecule has 6 aliphatic rings. The number of amides is 2. The fraction of sp³-hybridized carbons (Fsp3) is 0.635. The molecule has 0 radical (unpaired) electrons. The molecule has 2 aromatic carbocycles. The van der Waals surface area contributed by atoms with Crippen molar-refractivity contribution in [2.75, 3.05) is 51.8 Å².